The zero-order chi connectivity index (χ0) is 20.0. The molecule has 2 fully saturated rings. The van der Waals surface area contributed by atoms with Crippen LogP contribution in [0.5, 0.6) is 5.75 Å². The van der Waals surface area contributed by atoms with Crippen LogP contribution >= 0.6 is 0 Å². The minimum atomic E-state index is -2.73. The standard InChI is InChI=1S/C21H20F2N4O2/c22-20(23)14-2-1-3-15(24-14)21(28)26-17-10-27-9-16(13-6-7-13)25-19(27)8-18(17)29-11-12-4-5-12/h1-3,8-10,12-13,20H,4-7,11H2,(H,26,28). The topological polar surface area (TPSA) is 68.5 Å². The molecule has 0 aliphatic heterocycles. The van der Waals surface area contributed by atoms with Crippen molar-refractivity contribution in [2.75, 3.05) is 11.9 Å². The van der Waals surface area contributed by atoms with Crippen molar-refractivity contribution in [3.8, 4) is 5.75 Å². The Morgan fingerprint density at radius 1 is 1.21 bits per heavy atom. The van der Waals surface area contributed by atoms with Crippen molar-refractivity contribution in [2.45, 2.75) is 38.0 Å². The molecule has 0 saturated heterocycles. The van der Waals surface area contributed by atoms with Gasteiger partial charge >= 0.3 is 0 Å². The number of halogens is 2. The summed E-state index contributed by atoms with van der Waals surface area (Å²) < 4.78 is 33.6. The molecule has 150 valence electrons. The van der Waals surface area contributed by atoms with Crippen molar-refractivity contribution >= 4 is 17.2 Å². The van der Waals surface area contributed by atoms with E-state index in [4.69, 9.17) is 4.74 Å². The predicted octanol–water partition coefficient (Wildman–Crippen LogP) is 4.59. The van der Waals surface area contributed by atoms with Crippen molar-refractivity contribution in [2.24, 2.45) is 5.92 Å². The zero-order valence-electron chi connectivity index (χ0n) is 15.6. The quantitative estimate of drug-likeness (QED) is 0.632. The SMILES string of the molecule is O=C(Nc1cn2cc(C3CC3)nc2cc1OCC1CC1)c1cccc(C(F)F)n1. The fraction of sp³-hybridized carbons (Fsp3) is 0.381. The van der Waals surface area contributed by atoms with Crippen LogP contribution in [0.15, 0.2) is 36.7 Å². The Balaban J connectivity index is 1.45. The number of nitrogens with zero attached hydrogens (tertiary/aromatic N) is 3. The molecule has 2 saturated carbocycles. The second-order valence-electron chi connectivity index (χ2n) is 7.71. The summed E-state index contributed by atoms with van der Waals surface area (Å²) in [5.74, 6) is 1.01. The van der Waals surface area contributed by atoms with Crippen LogP contribution in [0.4, 0.5) is 14.5 Å². The lowest BCUT2D eigenvalue weighted by Crippen LogP contribution is -2.16. The third-order valence-electron chi connectivity index (χ3n) is 5.22. The van der Waals surface area contributed by atoms with E-state index in [1.165, 1.54) is 18.2 Å². The van der Waals surface area contributed by atoms with Gasteiger partial charge in [0.25, 0.3) is 12.3 Å². The van der Waals surface area contributed by atoms with Crippen LogP contribution in [-0.4, -0.2) is 26.9 Å². The maximum absolute atomic E-state index is 12.9. The normalized spacial score (nSPS) is 16.4. The van der Waals surface area contributed by atoms with Crippen molar-refractivity contribution < 1.29 is 18.3 Å². The Labute approximate surface area is 165 Å². The van der Waals surface area contributed by atoms with Gasteiger partial charge in [0.05, 0.1) is 12.3 Å². The summed E-state index contributed by atoms with van der Waals surface area (Å²) in [5, 5.41) is 2.76. The fourth-order valence-corrected chi connectivity index (χ4v) is 3.20. The Morgan fingerprint density at radius 2 is 2.03 bits per heavy atom. The highest BCUT2D eigenvalue weighted by molar-refractivity contribution is 6.03. The second-order valence-corrected chi connectivity index (χ2v) is 7.71. The van der Waals surface area contributed by atoms with E-state index in [9.17, 15) is 13.6 Å². The molecule has 6 nitrogen and oxygen atoms in total. The maximum atomic E-state index is 12.9. The van der Waals surface area contributed by atoms with E-state index in [0.29, 0.717) is 29.9 Å². The van der Waals surface area contributed by atoms with Gasteiger partial charge in [-0.3, -0.25) is 4.79 Å². The number of hydrogen-bond acceptors (Lipinski definition) is 4. The van der Waals surface area contributed by atoms with E-state index < -0.39 is 18.0 Å². The summed E-state index contributed by atoms with van der Waals surface area (Å²) in [5.41, 5.74) is 1.76. The average molecular weight is 398 g/mol. The highest BCUT2D eigenvalue weighted by atomic mass is 19.3. The monoisotopic (exact) mass is 398 g/mol. The van der Waals surface area contributed by atoms with Crippen LogP contribution in [0.2, 0.25) is 0 Å². The maximum Gasteiger partial charge on any atom is 0.280 e. The number of anilines is 1. The molecule has 1 amide bonds. The lowest BCUT2D eigenvalue weighted by molar-refractivity contribution is 0.101. The van der Waals surface area contributed by atoms with Crippen LogP contribution in [0.1, 0.15) is 59.9 Å². The largest absolute Gasteiger partial charge is 0.491 e. The molecule has 0 aromatic carbocycles. The van der Waals surface area contributed by atoms with Crippen molar-refractivity contribution in [3.05, 3.63) is 53.7 Å². The highest BCUT2D eigenvalue weighted by Gasteiger charge is 2.27. The smallest absolute Gasteiger partial charge is 0.280 e. The number of amides is 1. The number of imidazole rings is 1. The van der Waals surface area contributed by atoms with Crippen LogP contribution in [0, 0.1) is 5.92 Å². The lowest BCUT2D eigenvalue weighted by Gasteiger charge is -2.13. The molecule has 0 radical (unpaired) electrons. The Morgan fingerprint density at radius 3 is 2.76 bits per heavy atom. The molecule has 0 atom stereocenters. The van der Waals surface area contributed by atoms with Crippen LogP contribution < -0.4 is 10.1 Å². The third-order valence-corrected chi connectivity index (χ3v) is 5.22. The van der Waals surface area contributed by atoms with E-state index in [0.717, 1.165) is 37.0 Å². The molecule has 2 aliphatic rings. The van der Waals surface area contributed by atoms with Gasteiger partial charge in [-0.2, -0.15) is 0 Å². The summed E-state index contributed by atoms with van der Waals surface area (Å²) in [6, 6.07) is 5.82. The summed E-state index contributed by atoms with van der Waals surface area (Å²) >= 11 is 0. The summed E-state index contributed by atoms with van der Waals surface area (Å²) in [6.07, 6.45) is 5.56. The molecule has 0 bridgehead atoms. The fourth-order valence-electron chi connectivity index (χ4n) is 3.20. The summed E-state index contributed by atoms with van der Waals surface area (Å²) in [6.45, 7) is 0.578. The van der Waals surface area contributed by atoms with Crippen molar-refractivity contribution in [3.63, 3.8) is 0 Å². The zero-order valence-corrected chi connectivity index (χ0v) is 15.6. The molecular formula is C21H20F2N4O2. The number of nitrogens with one attached hydrogen (secondary N) is 1. The second kappa shape index (κ2) is 7.09. The van der Waals surface area contributed by atoms with Crippen LogP contribution in [0.25, 0.3) is 5.65 Å². The highest BCUT2D eigenvalue weighted by Crippen LogP contribution is 2.40. The Hall–Kier alpha value is -3.03. The van der Waals surface area contributed by atoms with Crippen molar-refractivity contribution in [1.29, 1.82) is 0 Å². The Kier molecular flexibility index (Phi) is 4.41. The molecule has 3 aromatic rings. The molecule has 2 aliphatic carbocycles. The predicted molar refractivity (Wildman–Crippen MR) is 103 cm³/mol. The van der Waals surface area contributed by atoms with Gasteiger partial charge in [0, 0.05) is 24.4 Å². The summed E-state index contributed by atoms with van der Waals surface area (Å²) in [7, 11) is 0. The molecule has 5 rings (SSSR count). The number of rotatable bonds is 7. The number of carbonyl (C=O) groups is 1. The number of carbonyl (C=O) groups excluding carboxylic acids is 1. The minimum absolute atomic E-state index is 0.0691. The van der Waals surface area contributed by atoms with Gasteiger partial charge < -0.3 is 14.5 Å². The lowest BCUT2D eigenvalue weighted by atomic mass is 10.2. The van der Waals surface area contributed by atoms with Crippen LogP contribution in [0.3, 0.4) is 0 Å². The van der Waals surface area contributed by atoms with Gasteiger partial charge in [-0.25, -0.2) is 18.7 Å². The molecule has 3 heterocycles. The number of ether oxygens (including phenoxy) is 1. The van der Waals surface area contributed by atoms with Crippen molar-refractivity contribution in [1.82, 2.24) is 14.4 Å². The van der Waals surface area contributed by atoms with Gasteiger partial charge in [0.1, 0.15) is 28.5 Å². The van der Waals surface area contributed by atoms with Gasteiger partial charge in [0.15, 0.2) is 0 Å². The van der Waals surface area contributed by atoms with E-state index in [2.05, 4.69) is 15.3 Å². The first kappa shape index (κ1) is 18.0. The van der Waals surface area contributed by atoms with Gasteiger partial charge in [-0.05, 0) is 43.7 Å². The first-order chi connectivity index (χ1) is 14.1. The molecule has 3 aromatic heterocycles. The number of hydrogen-bond donors (Lipinski definition) is 1. The number of fused-ring (bicyclic) bond motifs is 1. The molecule has 0 spiro atoms. The summed E-state index contributed by atoms with van der Waals surface area (Å²) in [4.78, 5) is 21.1. The number of alkyl halides is 2. The van der Waals surface area contributed by atoms with Gasteiger partial charge in [0.2, 0.25) is 0 Å². The molecule has 1 N–H and O–H groups in total. The molecule has 29 heavy (non-hydrogen) atoms. The Bertz CT molecular complexity index is 1070. The van der Waals surface area contributed by atoms with E-state index in [1.807, 2.05) is 16.7 Å². The first-order valence-corrected chi connectivity index (χ1v) is 9.79. The van der Waals surface area contributed by atoms with E-state index >= 15 is 0 Å². The molecule has 8 heteroatoms. The minimum Gasteiger partial charge on any atom is -0.491 e. The van der Waals surface area contributed by atoms with E-state index in [-0.39, 0.29) is 5.69 Å². The van der Waals surface area contributed by atoms with E-state index in [1.54, 1.807) is 6.20 Å². The third kappa shape index (κ3) is 3.92. The van der Waals surface area contributed by atoms with Gasteiger partial charge in [-0.15, -0.1) is 0 Å². The number of pyridine rings is 2. The van der Waals surface area contributed by atoms with Crippen LogP contribution in [-0.2, 0) is 0 Å². The molecule has 0 unspecified atom stereocenters. The first-order valence-electron chi connectivity index (χ1n) is 9.79. The molecular weight excluding hydrogens is 378 g/mol. The number of aromatic nitrogens is 3. The van der Waals surface area contributed by atoms with Gasteiger partial charge in [-0.1, -0.05) is 6.07 Å². The average Bonchev–Trinajstić information content (AvgIpc) is 3.64.